The number of nitrogens with zero attached hydrogens (tertiary/aromatic N) is 4. The van der Waals surface area contributed by atoms with Gasteiger partial charge in [0.1, 0.15) is 18.3 Å². The highest BCUT2D eigenvalue weighted by atomic mass is 16.6. The van der Waals surface area contributed by atoms with Gasteiger partial charge in [0.2, 0.25) is 5.91 Å². The van der Waals surface area contributed by atoms with Crippen LogP contribution in [0.25, 0.3) is 5.69 Å². The predicted molar refractivity (Wildman–Crippen MR) is 56.5 cm³/mol. The van der Waals surface area contributed by atoms with E-state index in [2.05, 4.69) is 10.1 Å². The first-order chi connectivity index (χ1) is 8.09. The number of carbonyl (C=O) groups is 1. The summed E-state index contributed by atoms with van der Waals surface area (Å²) in [6, 6.07) is 3.90. The van der Waals surface area contributed by atoms with E-state index in [1.54, 1.807) is 0 Å². The normalized spacial score (nSPS) is 10.1. The number of hydrogen-bond acceptors (Lipinski definition) is 5. The quantitative estimate of drug-likeness (QED) is 0.603. The second-order valence-corrected chi connectivity index (χ2v) is 3.16. The molecule has 0 unspecified atom stereocenters. The number of carbonyl (C=O) groups excluding carboxylic acids is 1. The van der Waals surface area contributed by atoms with Crippen LogP contribution < -0.4 is 5.73 Å². The smallest absolute Gasteiger partial charge is 0.295 e. The first-order valence-corrected chi connectivity index (χ1v) is 4.53. The Morgan fingerprint density at radius 3 is 2.76 bits per heavy atom. The fourth-order valence-electron chi connectivity index (χ4n) is 1.35. The Morgan fingerprint density at radius 1 is 1.47 bits per heavy atom. The number of nitro benzene ring substituents is 1. The monoisotopic (exact) mass is 233 g/mol. The number of primary amides is 1. The van der Waals surface area contributed by atoms with Crippen LogP contribution in [-0.2, 0) is 0 Å². The van der Waals surface area contributed by atoms with Crippen LogP contribution in [-0.4, -0.2) is 25.6 Å². The third-order valence-corrected chi connectivity index (χ3v) is 2.12. The zero-order valence-corrected chi connectivity index (χ0v) is 8.48. The second kappa shape index (κ2) is 4.00. The van der Waals surface area contributed by atoms with E-state index in [9.17, 15) is 14.9 Å². The summed E-state index contributed by atoms with van der Waals surface area (Å²) in [6.07, 6.45) is 2.58. The molecule has 2 N–H and O–H groups in total. The van der Waals surface area contributed by atoms with Gasteiger partial charge in [-0.15, -0.1) is 0 Å². The van der Waals surface area contributed by atoms with Crippen LogP contribution in [0.3, 0.4) is 0 Å². The maximum Gasteiger partial charge on any atom is 0.295 e. The van der Waals surface area contributed by atoms with Gasteiger partial charge in [-0.05, 0) is 12.1 Å². The zero-order chi connectivity index (χ0) is 12.4. The van der Waals surface area contributed by atoms with Crippen molar-refractivity contribution in [2.75, 3.05) is 0 Å². The number of nitro groups is 1. The molecule has 17 heavy (non-hydrogen) atoms. The molecule has 2 aromatic rings. The molecule has 1 amide bonds. The van der Waals surface area contributed by atoms with Gasteiger partial charge in [0, 0.05) is 11.6 Å². The van der Waals surface area contributed by atoms with Crippen LogP contribution in [0, 0.1) is 10.1 Å². The molecule has 0 fully saturated rings. The average Bonchev–Trinajstić information content (AvgIpc) is 2.81. The number of nitrogens with two attached hydrogens (primary N) is 1. The lowest BCUT2D eigenvalue weighted by Gasteiger charge is -2.03. The van der Waals surface area contributed by atoms with Crippen LogP contribution >= 0.6 is 0 Å². The number of benzene rings is 1. The van der Waals surface area contributed by atoms with Crippen molar-refractivity contribution in [3.8, 4) is 5.69 Å². The molecule has 0 aliphatic rings. The molecule has 0 aliphatic carbocycles. The Balaban J connectivity index is 2.61. The van der Waals surface area contributed by atoms with Crippen molar-refractivity contribution in [2.24, 2.45) is 5.73 Å². The third-order valence-electron chi connectivity index (χ3n) is 2.12. The van der Waals surface area contributed by atoms with Crippen molar-refractivity contribution in [1.82, 2.24) is 14.8 Å². The maximum atomic E-state index is 10.9. The van der Waals surface area contributed by atoms with Crippen LogP contribution in [0.5, 0.6) is 0 Å². The minimum Gasteiger partial charge on any atom is -0.366 e. The van der Waals surface area contributed by atoms with E-state index in [1.165, 1.54) is 29.5 Å². The molecule has 2 rings (SSSR count). The highest BCUT2D eigenvalue weighted by Crippen LogP contribution is 2.23. The molecule has 1 aromatic carbocycles. The van der Waals surface area contributed by atoms with Gasteiger partial charge in [-0.25, -0.2) is 9.67 Å². The Labute approximate surface area is 94.8 Å². The molecular formula is C9H7N5O3. The summed E-state index contributed by atoms with van der Waals surface area (Å²) < 4.78 is 1.24. The lowest BCUT2D eigenvalue weighted by molar-refractivity contribution is -0.384. The van der Waals surface area contributed by atoms with Crippen LogP contribution in [0.4, 0.5) is 5.69 Å². The largest absolute Gasteiger partial charge is 0.366 e. The molecule has 86 valence electrons. The average molecular weight is 233 g/mol. The summed E-state index contributed by atoms with van der Waals surface area (Å²) in [5.74, 6) is -0.724. The van der Waals surface area contributed by atoms with E-state index in [4.69, 9.17) is 5.73 Å². The van der Waals surface area contributed by atoms with Crippen molar-refractivity contribution in [2.45, 2.75) is 0 Å². The van der Waals surface area contributed by atoms with Crippen molar-refractivity contribution >= 4 is 11.6 Å². The summed E-state index contributed by atoms with van der Waals surface area (Å²) >= 11 is 0. The minimum absolute atomic E-state index is 0.0700. The van der Waals surface area contributed by atoms with Crippen molar-refractivity contribution in [1.29, 1.82) is 0 Å². The summed E-state index contributed by atoms with van der Waals surface area (Å²) in [4.78, 5) is 24.9. The predicted octanol–water partition coefficient (Wildman–Crippen LogP) is 0.274. The van der Waals surface area contributed by atoms with Crippen LogP contribution in [0.1, 0.15) is 10.4 Å². The maximum absolute atomic E-state index is 10.9. The standard InChI is InChI=1S/C9H7N5O3/c10-9(15)6-1-2-7(8(3-6)14(16)17)13-5-11-4-12-13/h1-5H,(H2,10,15). The molecule has 0 saturated carbocycles. The van der Waals surface area contributed by atoms with E-state index >= 15 is 0 Å². The van der Waals surface area contributed by atoms with Crippen molar-refractivity contribution in [3.05, 3.63) is 46.5 Å². The van der Waals surface area contributed by atoms with E-state index in [-0.39, 0.29) is 16.9 Å². The summed E-state index contributed by atoms with van der Waals surface area (Å²) in [5.41, 5.74) is 5.09. The number of aromatic nitrogens is 3. The minimum atomic E-state index is -0.724. The lowest BCUT2D eigenvalue weighted by atomic mass is 10.1. The van der Waals surface area contributed by atoms with Gasteiger partial charge in [-0.3, -0.25) is 14.9 Å². The molecule has 1 heterocycles. The summed E-state index contributed by atoms with van der Waals surface area (Å²) in [6.45, 7) is 0. The zero-order valence-electron chi connectivity index (χ0n) is 8.48. The number of rotatable bonds is 3. The molecular weight excluding hydrogens is 226 g/mol. The Hall–Kier alpha value is -2.77. The highest BCUT2D eigenvalue weighted by molar-refractivity contribution is 5.93. The van der Waals surface area contributed by atoms with Crippen LogP contribution in [0.15, 0.2) is 30.9 Å². The van der Waals surface area contributed by atoms with E-state index in [0.717, 1.165) is 6.07 Å². The molecule has 0 saturated heterocycles. The van der Waals surface area contributed by atoms with Gasteiger partial charge < -0.3 is 5.73 Å². The van der Waals surface area contributed by atoms with Crippen molar-refractivity contribution < 1.29 is 9.72 Å². The summed E-state index contributed by atoms with van der Waals surface area (Å²) in [7, 11) is 0. The van der Waals surface area contributed by atoms with Gasteiger partial charge in [0.15, 0.2) is 0 Å². The molecule has 0 aliphatic heterocycles. The molecule has 8 heteroatoms. The van der Waals surface area contributed by atoms with E-state index in [1.807, 2.05) is 0 Å². The van der Waals surface area contributed by atoms with Gasteiger partial charge in [0.05, 0.1) is 4.92 Å². The number of hydrogen-bond donors (Lipinski definition) is 1. The van der Waals surface area contributed by atoms with E-state index in [0.29, 0.717) is 0 Å². The second-order valence-electron chi connectivity index (χ2n) is 3.16. The highest BCUT2D eigenvalue weighted by Gasteiger charge is 2.18. The molecule has 0 spiro atoms. The first-order valence-electron chi connectivity index (χ1n) is 4.53. The number of amides is 1. The molecule has 8 nitrogen and oxygen atoms in total. The SMILES string of the molecule is NC(=O)c1ccc(-n2cncn2)c([N+](=O)[O-])c1. The van der Waals surface area contributed by atoms with Gasteiger partial charge in [0.25, 0.3) is 5.69 Å². The van der Waals surface area contributed by atoms with Gasteiger partial charge >= 0.3 is 0 Å². The molecule has 1 aromatic heterocycles. The Bertz CT molecular complexity index is 578. The lowest BCUT2D eigenvalue weighted by Crippen LogP contribution is -2.12. The van der Waals surface area contributed by atoms with Gasteiger partial charge in [-0.2, -0.15) is 5.10 Å². The fourth-order valence-corrected chi connectivity index (χ4v) is 1.35. The topological polar surface area (TPSA) is 117 Å². The Kier molecular flexibility index (Phi) is 2.53. The van der Waals surface area contributed by atoms with Crippen molar-refractivity contribution in [3.63, 3.8) is 0 Å². The van der Waals surface area contributed by atoms with E-state index < -0.39 is 10.8 Å². The third kappa shape index (κ3) is 1.95. The molecule has 0 radical (unpaired) electrons. The van der Waals surface area contributed by atoms with Gasteiger partial charge in [-0.1, -0.05) is 0 Å². The first kappa shape index (κ1) is 10.7. The Morgan fingerprint density at radius 2 is 2.24 bits per heavy atom. The fraction of sp³-hybridized carbons (Fsp3) is 0. The summed E-state index contributed by atoms with van der Waals surface area (Å²) in [5, 5.41) is 14.7. The van der Waals surface area contributed by atoms with Crippen LogP contribution in [0.2, 0.25) is 0 Å². The molecule has 0 atom stereocenters. The molecule has 0 bridgehead atoms.